The maximum absolute atomic E-state index is 4.28. The first-order valence-corrected chi connectivity index (χ1v) is 7.67. The number of nitrogens with one attached hydrogen (secondary N) is 2. The average Bonchev–Trinajstić information content (AvgIpc) is 2.95. The molecule has 0 spiro atoms. The summed E-state index contributed by atoms with van der Waals surface area (Å²) in [5.74, 6) is 0.821. The van der Waals surface area contributed by atoms with Crippen molar-refractivity contribution in [3.05, 3.63) is 53.9 Å². The molecule has 2 rings (SSSR count). The van der Waals surface area contributed by atoms with Gasteiger partial charge in [0, 0.05) is 26.3 Å². The van der Waals surface area contributed by atoms with E-state index in [9.17, 15) is 0 Å². The van der Waals surface area contributed by atoms with Gasteiger partial charge in [-0.3, -0.25) is 9.67 Å². The summed E-state index contributed by atoms with van der Waals surface area (Å²) in [6.07, 6.45) is 3.93. The highest BCUT2D eigenvalue weighted by Crippen LogP contribution is 2.04. The van der Waals surface area contributed by atoms with Crippen LogP contribution in [0.1, 0.15) is 24.6 Å². The standard InChI is InChI=1S/C17H25N5.HI/c1-14(9-10-15-7-5-4-6-8-15)21-17(18-2)19-13-16-11-12-20-22(16)3;/h4-8,11-12,14H,9-10,13H2,1-3H3,(H2,18,19,21);1H. The summed E-state index contributed by atoms with van der Waals surface area (Å²) in [5.41, 5.74) is 2.49. The van der Waals surface area contributed by atoms with E-state index in [0.717, 1.165) is 24.5 Å². The van der Waals surface area contributed by atoms with Crippen LogP contribution in [0.2, 0.25) is 0 Å². The summed E-state index contributed by atoms with van der Waals surface area (Å²) in [5, 5.41) is 10.9. The monoisotopic (exact) mass is 427 g/mol. The molecule has 1 atom stereocenters. The first kappa shape index (κ1) is 19.5. The number of aryl methyl sites for hydroxylation is 2. The lowest BCUT2D eigenvalue weighted by molar-refractivity contribution is 0.589. The lowest BCUT2D eigenvalue weighted by Gasteiger charge is -2.18. The highest BCUT2D eigenvalue weighted by molar-refractivity contribution is 14.0. The predicted octanol–water partition coefficient (Wildman–Crippen LogP) is 2.72. The van der Waals surface area contributed by atoms with E-state index in [2.05, 4.69) is 58.0 Å². The number of halogens is 1. The van der Waals surface area contributed by atoms with E-state index in [1.807, 2.05) is 17.8 Å². The third-order valence-corrected chi connectivity index (χ3v) is 3.67. The largest absolute Gasteiger partial charge is 0.354 e. The van der Waals surface area contributed by atoms with Crippen LogP contribution in [0.3, 0.4) is 0 Å². The Morgan fingerprint density at radius 3 is 2.61 bits per heavy atom. The van der Waals surface area contributed by atoms with Crippen molar-refractivity contribution in [2.24, 2.45) is 12.0 Å². The van der Waals surface area contributed by atoms with Gasteiger partial charge in [0.2, 0.25) is 0 Å². The average molecular weight is 427 g/mol. The summed E-state index contributed by atoms with van der Waals surface area (Å²) in [4.78, 5) is 4.28. The van der Waals surface area contributed by atoms with Gasteiger partial charge in [0.05, 0.1) is 12.2 Å². The molecule has 6 heteroatoms. The predicted molar refractivity (Wildman–Crippen MR) is 106 cm³/mol. The van der Waals surface area contributed by atoms with Crippen molar-refractivity contribution in [3.8, 4) is 0 Å². The third kappa shape index (κ3) is 6.60. The van der Waals surface area contributed by atoms with Gasteiger partial charge in [-0.1, -0.05) is 30.3 Å². The summed E-state index contributed by atoms with van der Waals surface area (Å²) >= 11 is 0. The molecule has 0 fully saturated rings. The van der Waals surface area contributed by atoms with E-state index in [0.29, 0.717) is 12.6 Å². The number of rotatable bonds is 6. The first-order valence-electron chi connectivity index (χ1n) is 7.67. The number of aromatic nitrogens is 2. The van der Waals surface area contributed by atoms with Crippen molar-refractivity contribution in [1.29, 1.82) is 0 Å². The van der Waals surface area contributed by atoms with Crippen LogP contribution in [0, 0.1) is 0 Å². The Morgan fingerprint density at radius 1 is 1.26 bits per heavy atom. The number of benzene rings is 1. The van der Waals surface area contributed by atoms with Crippen LogP contribution in [0.4, 0.5) is 0 Å². The smallest absolute Gasteiger partial charge is 0.191 e. The van der Waals surface area contributed by atoms with Gasteiger partial charge < -0.3 is 10.6 Å². The maximum Gasteiger partial charge on any atom is 0.191 e. The number of hydrogen-bond donors (Lipinski definition) is 2. The van der Waals surface area contributed by atoms with Gasteiger partial charge in [0.25, 0.3) is 0 Å². The molecule has 1 unspecified atom stereocenters. The molecular weight excluding hydrogens is 401 g/mol. The van der Waals surface area contributed by atoms with Crippen LogP contribution < -0.4 is 10.6 Å². The first-order chi connectivity index (χ1) is 10.7. The fraction of sp³-hybridized carbons (Fsp3) is 0.412. The number of nitrogens with zero attached hydrogens (tertiary/aromatic N) is 3. The molecule has 0 aliphatic carbocycles. The van der Waals surface area contributed by atoms with Crippen LogP contribution in [0.5, 0.6) is 0 Å². The van der Waals surface area contributed by atoms with Gasteiger partial charge in [0.15, 0.2) is 5.96 Å². The van der Waals surface area contributed by atoms with Crippen LogP contribution in [-0.2, 0) is 20.0 Å². The van der Waals surface area contributed by atoms with E-state index < -0.39 is 0 Å². The quantitative estimate of drug-likeness (QED) is 0.424. The lowest BCUT2D eigenvalue weighted by Crippen LogP contribution is -2.42. The van der Waals surface area contributed by atoms with Gasteiger partial charge in [-0.2, -0.15) is 5.10 Å². The van der Waals surface area contributed by atoms with E-state index in [1.54, 1.807) is 13.2 Å². The molecule has 0 saturated carbocycles. The Hall–Kier alpha value is -1.57. The highest BCUT2D eigenvalue weighted by Gasteiger charge is 2.06. The van der Waals surface area contributed by atoms with E-state index in [-0.39, 0.29) is 24.0 Å². The van der Waals surface area contributed by atoms with Crippen LogP contribution in [-0.4, -0.2) is 28.8 Å². The summed E-state index contributed by atoms with van der Waals surface area (Å²) in [6, 6.07) is 12.9. The maximum atomic E-state index is 4.28. The minimum atomic E-state index is 0. The third-order valence-electron chi connectivity index (χ3n) is 3.67. The molecule has 5 nitrogen and oxygen atoms in total. The summed E-state index contributed by atoms with van der Waals surface area (Å²) in [7, 11) is 3.73. The zero-order valence-electron chi connectivity index (χ0n) is 14.0. The number of guanidine groups is 1. The summed E-state index contributed by atoms with van der Waals surface area (Å²) in [6.45, 7) is 2.89. The molecule has 0 amide bonds. The molecular formula is C17H26IN5. The molecule has 0 radical (unpaired) electrons. The van der Waals surface area contributed by atoms with Gasteiger partial charge >= 0.3 is 0 Å². The van der Waals surface area contributed by atoms with Crippen molar-refractivity contribution in [2.45, 2.75) is 32.4 Å². The molecule has 0 aliphatic rings. The molecule has 0 bridgehead atoms. The Morgan fingerprint density at radius 2 is 2.00 bits per heavy atom. The highest BCUT2D eigenvalue weighted by atomic mass is 127. The second-order valence-electron chi connectivity index (χ2n) is 5.44. The molecule has 0 saturated heterocycles. The zero-order chi connectivity index (χ0) is 15.8. The molecule has 23 heavy (non-hydrogen) atoms. The lowest BCUT2D eigenvalue weighted by atomic mass is 10.1. The Kier molecular flexibility index (Phi) is 8.68. The van der Waals surface area contributed by atoms with E-state index >= 15 is 0 Å². The number of hydrogen-bond acceptors (Lipinski definition) is 2. The van der Waals surface area contributed by atoms with Crippen LogP contribution in [0.25, 0.3) is 0 Å². The Balaban J connectivity index is 0.00000264. The second-order valence-corrected chi connectivity index (χ2v) is 5.44. The van der Waals surface area contributed by atoms with Gasteiger partial charge in [0.1, 0.15) is 0 Å². The normalized spacial score (nSPS) is 12.4. The second kappa shape index (κ2) is 10.3. The number of aliphatic imine (C=N–C) groups is 1. The topological polar surface area (TPSA) is 54.2 Å². The Bertz CT molecular complexity index is 594. The van der Waals surface area contributed by atoms with Crippen LogP contribution in [0.15, 0.2) is 47.6 Å². The van der Waals surface area contributed by atoms with E-state index in [4.69, 9.17) is 0 Å². The summed E-state index contributed by atoms with van der Waals surface area (Å²) < 4.78 is 1.86. The van der Waals surface area contributed by atoms with E-state index in [1.165, 1.54) is 5.56 Å². The minimum Gasteiger partial charge on any atom is -0.354 e. The Labute approximate surface area is 155 Å². The fourth-order valence-corrected chi connectivity index (χ4v) is 2.28. The molecule has 1 aromatic heterocycles. The van der Waals surface area contributed by atoms with Crippen LogP contribution >= 0.6 is 24.0 Å². The zero-order valence-corrected chi connectivity index (χ0v) is 16.3. The van der Waals surface area contributed by atoms with Crippen molar-refractivity contribution in [2.75, 3.05) is 7.05 Å². The van der Waals surface area contributed by atoms with Crippen molar-refractivity contribution in [3.63, 3.8) is 0 Å². The fourth-order valence-electron chi connectivity index (χ4n) is 2.28. The molecule has 2 aromatic rings. The minimum absolute atomic E-state index is 0. The molecule has 0 aliphatic heterocycles. The molecule has 1 aromatic carbocycles. The van der Waals surface area contributed by atoms with Gasteiger partial charge in [-0.15, -0.1) is 24.0 Å². The SMILES string of the molecule is CN=C(NCc1ccnn1C)NC(C)CCc1ccccc1.I. The van der Waals surface area contributed by atoms with Crippen molar-refractivity contribution < 1.29 is 0 Å². The molecule has 126 valence electrons. The van der Waals surface area contributed by atoms with Gasteiger partial charge in [-0.25, -0.2) is 0 Å². The van der Waals surface area contributed by atoms with Gasteiger partial charge in [-0.05, 0) is 31.4 Å². The molecule has 2 N–H and O–H groups in total. The molecule has 1 heterocycles. The van der Waals surface area contributed by atoms with Crippen molar-refractivity contribution in [1.82, 2.24) is 20.4 Å². The van der Waals surface area contributed by atoms with Crippen molar-refractivity contribution >= 4 is 29.9 Å².